The van der Waals surface area contributed by atoms with Gasteiger partial charge in [0, 0.05) is 15.4 Å². The first kappa shape index (κ1) is 11.9. The number of carbonyl (C=O) groups excluding carboxylic acids is 1. The minimum absolute atomic E-state index is 0.0322. The van der Waals surface area contributed by atoms with Crippen LogP contribution in [0.5, 0.6) is 0 Å². The summed E-state index contributed by atoms with van der Waals surface area (Å²) in [5.41, 5.74) is 13.2. The standard InChI is InChI=1S/C10H11Br2N3O/c11-6-3-5(4-7(12)10(6)13)8-1-2-9(16)15-14-8/h3-4,8,14H,1-2,13H2,(H,15,16). The van der Waals surface area contributed by atoms with Gasteiger partial charge in [0.1, 0.15) is 0 Å². The van der Waals surface area contributed by atoms with E-state index in [1.54, 1.807) is 0 Å². The molecule has 1 heterocycles. The molecular weight excluding hydrogens is 338 g/mol. The van der Waals surface area contributed by atoms with Crippen LogP contribution in [-0.4, -0.2) is 5.91 Å². The Morgan fingerprint density at radius 2 is 1.94 bits per heavy atom. The average Bonchev–Trinajstić information content (AvgIpc) is 2.26. The number of halogens is 2. The van der Waals surface area contributed by atoms with E-state index in [2.05, 4.69) is 42.7 Å². The number of nitrogen functional groups attached to an aromatic ring is 1. The molecule has 1 unspecified atom stereocenters. The maximum absolute atomic E-state index is 11.0. The quantitative estimate of drug-likeness (QED) is 0.682. The minimum Gasteiger partial charge on any atom is -0.397 e. The molecule has 1 aliphatic heterocycles. The van der Waals surface area contributed by atoms with Gasteiger partial charge >= 0.3 is 0 Å². The highest BCUT2D eigenvalue weighted by Gasteiger charge is 2.20. The summed E-state index contributed by atoms with van der Waals surface area (Å²) in [5.74, 6) is 0.0322. The van der Waals surface area contributed by atoms with Gasteiger partial charge in [0.15, 0.2) is 0 Å². The van der Waals surface area contributed by atoms with Crippen LogP contribution in [0.15, 0.2) is 21.1 Å². The number of nitrogens with one attached hydrogen (secondary N) is 2. The molecule has 0 radical (unpaired) electrons. The monoisotopic (exact) mass is 347 g/mol. The van der Waals surface area contributed by atoms with Crippen molar-refractivity contribution in [2.24, 2.45) is 0 Å². The van der Waals surface area contributed by atoms with Crippen molar-refractivity contribution in [2.75, 3.05) is 5.73 Å². The van der Waals surface area contributed by atoms with Gasteiger partial charge in [-0.2, -0.15) is 0 Å². The molecule has 16 heavy (non-hydrogen) atoms. The normalized spacial score (nSPS) is 20.6. The fourth-order valence-corrected chi connectivity index (χ4v) is 2.85. The lowest BCUT2D eigenvalue weighted by Crippen LogP contribution is -2.44. The first-order valence-corrected chi connectivity index (χ1v) is 6.45. The van der Waals surface area contributed by atoms with E-state index >= 15 is 0 Å². The van der Waals surface area contributed by atoms with E-state index in [4.69, 9.17) is 5.73 Å². The van der Waals surface area contributed by atoms with E-state index < -0.39 is 0 Å². The van der Waals surface area contributed by atoms with Crippen LogP contribution in [0.2, 0.25) is 0 Å². The molecule has 6 heteroatoms. The van der Waals surface area contributed by atoms with Crippen LogP contribution < -0.4 is 16.6 Å². The van der Waals surface area contributed by atoms with E-state index in [0.717, 1.165) is 20.9 Å². The van der Waals surface area contributed by atoms with Crippen LogP contribution in [0.4, 0.5) is 5.69 Å². The second kappa shape index (κ2) is 4.73. The summed E-state index contributed by atoms with van der Waals surface area (Å²) in [4.78, 5) is 11.0. The lowest BCUT2D eigenvalue weighted by atomic mass is 10.0. The molecule has 2 rings (SSSR count). The molecule has 1 aliphatic rings. The summed E-state index contributed by atoms with van der Waals surface area (Å²) in [5, 5.41) is 0. The molecule has 4 nitrogen and oxygen atoms in total. The Hall–Kier alpha value is -0.590. The van der Waals surface area contributed by atoms with E-state index in [1.165, 1.54) is 0 Å². The fraction of sp³-hybridized carbons (Fsp3) is 0.300. The zero-order valence-electron chi connectivity index (χ0n) is 8.39. The lowest BCUT2D eigenvalue weighted by Gasteiger charge is -2.24. The Balaban J connectivity index is 2.24. The van der Waals surface area contributed by atoms with Crippen LogP contribution in [0, 0.1) is 0 Å². The van der Waals surface area contributed by atoms with Crippen molar-refractivity contribution in [1.82, 2.24) is 10.9 Å². The van der Waals surface area contributed by atoms with Crippen molar-refractivity contribution >= 4 is 43.5 Å². The number of hydrogen-bond donors (Lipinski definition) is 3. The first-order chi connectivity index (χ1) is 7.58. The first-order valence-electron chi connectivity index (χ1n) is 4.86. The van der Waals surface area contributed by atoms with Gasteiger partial charge in [0.05, 0.1) is 11.7 Å². The fourth-order valence-electron chi connectivity index (χ4n) is 1.63. The third-order valence-electron chi connectivity index (χ3n) is 2.55. The largest absolute Gasteiger partial charge is 0.397 e. The second-order valence-corrected chi connectivity index (χ2v) is 5.39. The summed E-state index contributed by atoms with van der Waals surface area (Å²) in [6, 6.07) is 4.07. The van der Waals surface area contributed by atoms with Gasteiger partial charge in [-0.15, -0.1) is 0 Å². The van der Waals surface area contributed by atoms with Crippen LogP contribution >= 0.6 is 31.9 Å². The lowest BCUT2D eigenvalue weighted by molar-refractivity contribution is -0.124. The number of hydrazine groups is 1. The molecule has 1 aromatic carbocycles. The molecule has 4 N–H and O–H groups in total. The number of carbonyl (C=O) groups is 1. The van der Waals surface area contributed by atoms with Gasteiger partial charge in [-0.05, 0) is 56.0 Å². The van der Waals surface area contributed by atoms with Gasteiger partial charge in [0.25, 0.3) is 0 Å². The third-order valence-corrected chi connectivity index (χ3v) is 3.86. The number of nitrogens with two attached hydrogens (primary N) is 1. The highest BCUT2D eigenvalue weighted by molar-refractivity contribution is 9.11. The van der Waals surface area contributed by atoms with Crippen molar-refractivity contribution in [3.05, 3.63) is 26.6 Å². The van der Waals surface area contributed by atoms with E-state index in [0.29, 0.717) is 12.1 Å². The van der Waals surface area contributed by atoms with Gasteiger partial charge in [-0.25, -0.2) is 5.43 Å². The Morgan fingerprint density at radius 3 is 2.44 bits per heavy atom. The van der Waals surface area contributed by atoms with Crippen molar-refractivity contribution in [3.63, 3.8) is 0 Å². The van der Waals surface area contributed by atoms with E-state index in [1.807, 2.05) is 12.1 Å². The van der Waals surface area contributed by atoms with Gasteiger partial charge < -0.3 is 5.73 Å². The van der Waals surface area contributed by atoms with Crippen LogP contribution in [0.3, 0.4) is 0 Å². The summed E-state index contributed by atoms with van der Waals surface area (Å²) < 4.78 is 1.71. The molecule has 0 saturated carbocycles. The second-order valence-electron chi connectivity index (χ2n) is 3.68. The summed E-state index contributed by atoms with van der Waals surface area (Å²) in [6.45, 7) is 0. The number of benzene rings is 1. The van der Waals surface area contributed by atoms with E-state index in [-0.39, 0.29) is 11.9 Å². The Morgan fingerprint density at radius 1 is 1.31 bits per heavy atom. The van der Waals surface area contributed by atoms with Crippen molar-refractivity contribution < 1.29 is 4.79 Å². The highest BCUT2D eigenvalue weighted by atomic mass is 79.9. The molecule has 0 aliphatic carbocycles. The molecule has 0 spiro atoms. The third kappa shape index (κ3) is 2.39. The van der Waals surface area contributed by atoms with Crippen LogP contribution in [-0.2, 0) is 4.79 Å². The van der Waals surface area contributed by atoms with Crippen LogP contribution in [0.1, 0.15) is 24.4 Å². The Labute approximate surface area is 110 Å². The molecule has 0 aromatic heterocycles. The van der Waals surface area contributed by atoms with Gasteiger partial charge in [-0.3, -0.25) is 10.2 Å². The van der Waals surface area contributed by atoms with Crippen molar-refractivity contribution in [3.8, 4) is 0 Å². The summed E-state index contributed by atoms with van der Waals surface area (Å²) in [7, 11) is 0. The molecule has 1 fully saturated rings. The van der Waals surface area contributed by atoms with E-state index in [9.17, 15) is 4.79 Å². The van der Waals surface area contributed by atoms with Crippen molar-refractivity contribution in [1.29, 1.82) is 0 Å². The molecule has 1 amide bonds. The number of hydrogen-bond acceptors (Lipinski definition) is 3. The Kier molecular flexibility index (Phi) is 3.51. The smallest absolute Gasteiger partial charge is 0.234 e. The predicted octanol–water partition coefficient (Wildman–Crippen LogP) is 2.25. The topological polar surface area (TPSA) is 67.2 Å². The molecule has 1 saturated heterocycles. The highest BCUT2D eigenvalue weighted by Crippen LogP contribution is 2.33. The number of anilines is 1. The Bertz CT molecular complexity index is 403. The molecule has 86 valence electrons. The van der Waals surface area contributed by atoms with Gasteiger partial charge in [-0.1, -0.05) is 0 Å². The average molecular weight is 349 g/mol. The number of amides is 1. The summed E-state index contributed by atoms with van der Waals surface area (Å²) >= 11 is 6.81. The maximum atomic E-state index is 11.0. The molecule has 1 atom stereocenters. The minimum atomic E-state index is 0.0322. The number of rotatable bonds is 1. The summed E-state index contributed by atoms with van der Waals surface area (Å²) in [6.07, 6.45) is 1.33. The SMILES string of the molecule is Nc1c(Br)cc(C2CCC(=O)NN2)cc1Br. The zero-order chi connectivity index (χ0) is 11.7. The maximum Gasteiger partial charge on any atom is 0.234 e. The van der Waals surface area contributed by atoms with Crippen molar-refractivity contribution in [2.45, 2.75) is 18.9 Å². The van der Waals surface area contributed by atoms with Gasteiger partial charge in [0.2, 0.25) is 5.91 Å². The zero-order valence-corrected chi connectivity index (χ0v) is 11.6. The predicted molar refractivity (Wildman–Crippen MR) is 69.5 cm³/mol. The van der Waals surface area contributed by atoms with Crippen LogP contribution in [0.25, 0.3) is 0 Å². The molecule has 0 bridgehead atoms. The molecular formula is C10H11Br2N3O. The molecule has 1 aromatic rings.